The Morgan fingerprint density at radius 1 is 1.50 bits per heavy atom. The van der Waals surface area contributed by atoms with E-state index in [1.54, 1.807) is 12.1 Å². The molecule has 0 bridgehead atoms. The molecule has 0 spiro atoms. The van der Waals surface area contributed by atoms with Crippen molar-refractivity contribution in [3.8, 4) is 18.4 Å². The third kappa shape index (κ3) is 1.42. The van der Waals surface area contributed by atoms with E-state index in [2.05, 4.69) is 21.9 Å². The molecule has 1 aromatic rings. The Kier molecular flexibility index (Phi) is 2.38. The first-order valence-corrected chi connectivity index (χ1v) is 3.94. The summed E-state index contributed by atoms with van der Waals surface area (Å²) in [4.78, 5) is 0. The molecule has 0 aliphatic carbocycles. The van der Waals surface area contributed by atoms with E-state index in [0.29, 0.717) is 21.3 Å². The Bertz CT molecular complexity index is 396. The fourth-order valence-electron chi connectivity index (χ4n) is 0.802. The van der Waals surface area contributed by atoms with E-state index < -0.39 is 0 Å². The Morgan fingerprint density at radius 2 is 2.17 bits per heavy atom. The molecule has 2 N–H and O–H groups in total. The molecule has 0 amide bonds. The van der Waals surface area contributed by atoms with Gasteiger partial charge in [0.05, 0.1) is 17.3 Å². The number of hydrogen-bond donors (Lipinski definition) is 1. The summed E-state index contributed by atoms with van der Waals surface area (Å²) in [5.41, 5.74) is 7.16. The Balaban J connectivity index is 3.44. The van der Waals surface area contributed by atoms with E-state index in [-0.39, 0.29) is 0 Å². The van der Waals surface area contributed by atoms with Crippen LogP contribution in [-0.2, 0) is 0 Å². The third-order valence-corrected chi connectivity index (χ3v) is 2.07. The monoisotopic (exact) mass is 220 g/mol. The SMILES string of the molecule is C#Cc1cc(C#N)cc(Br)c1N. The summed E-state index contributed by atoms with van der Waals surface area (Å²) in [6, 6.07) is 5.21. The van der Waals surface area contributed by atoms with Crippen LogP contribution < -0.4 is 5.73 Å². The fourth-order valence-corrected chi connectivity index (χ4v) is 1.26. The van der Waals surface area contributed by atoms with Crippen molar-refractivity contribution in [3.63, 3.8) is 0 Å². The van der Waals surface area contributed by atoms with E-state index in [1.807, 2.05) is 6.07 Å². The van der Waals surface area contributed by atoms with Crippen molar-refractivity contribution in [2.75, 3.05) is 5.73 Å². The normalized spacial score (nSPS) is 8.58. The lowest BCUT2D eigenvalue weighted by Gasteiger charge is -2.01. The smallest absolute Gasteiger partial charge is 0.0992 e. The van der Waals surface area contributed by atoms with Gasteiger partial charge in [-0.3, -0.25) is 0 Å². The molecular weight excluding hydrogens is 216 g/mol. The molecule has 0 atom stereocenters. The summed E-state index contributed by atoms with van der Waals surface area (Å²) in [6.07, 6.45) is 5.18. The van der Waals surface area contributed by atoms with Gasteiger partial charge in [-0.1, -0.05) is 5.92 Å². The molecule has 0 fully saturated rings. The molecule has 0 aliphatic rings. The Labute approximate surface area is 79.1 Å². The fraction of sp³-hybridized carbons (Fsp3) is 0. The predicted molar refractivity (Wildman–Crippen MR) is 51.2 cm³/mol. The van der Waals surface area contributed by atoms with Gasteiger partial charge in [-0.2, -0.15) is 5.26 Å². The largest absolute Gasteiger partial charge is 0.397 e. The lowest BCUT2D eigenvalue weighted by molar-refractivity contribution is 1.46. The Hall–Kier alpha value is -1.45. The zero-order chi connectivity index (χ0) is 9.14. The summed E-state index contributed by atoms with van der Waals surface area (Å²) in [5.74, 6) is 2.40. The lowest BCUT2D eigenvalue weighted by atomic mass is 10.1. The summed E-state index contributed by atoms with van der Waals surface area (Å²) in [6.45, 7) is 0. The predicted octanol–water partition coefficient (Wildman–Crippen LogP) is 1.88. The molecule has 0 unspecified atom stereocenters. The second-order valence-electron chi connectivity index (χ2n) is 2.18. The first-order chi connectivity index (χ1) is 5.69. The average Bonchev–Trinajstić information content (AvgIpc) is 2.09. The maximum Gasteiger partial charge on any atom is 0.0992 e. The number of nitrogens with two attached hydrogens (primary N) is 1. The minimum atomic E-state index is 0.497. The van der Waals surface area contributed by atoms with Crippen molar-refractivity contribution in [2.24, 2.45) is 0 Å². The summed E-state index contributed by atoms with van der Waals surface area (Å²) < 4.78 is 0.662. The summed E-state index contributed by atoms with van der Waals surface area (Å²) in [7, 11) is 0. The van der Waals surface area contributed by atoms with Gasteiger partial charge >= 0.3 is 0 Å². The number of terminal acetylenes is 1. The van der Waals surface area contributed by atoms with E-state index >= 15 is 0 Å². The van der Waals surface area contributed by atoms with E-state index in [0.717, 1.165) is 0 Å². The van der Waals surface area contributed by atoms with Crippen molar-refractivity contribution in [1.29, 1.82) is 5.26 Å². The van der Waals surface area contributed by atoms with Crippen LogP contribution in [0.15, 0.2) is 16.6 Å². The Morgan fingerprint density at radius 3 is 2.67 bits per heavy atom. The zero-order valence-electron chi connectivity index (χ0n) is 6.13. The first-order valence-electron chi connectivity index (χ1n) is 3.14. The molecule has 12 heavy (non-hydrogen) atoms. The standard InChI is InChI=1S/C9H5BrN2/c1-2-7-3-6(5-11)4-8(10)9(7)12/h1,3-4H,12H2. The van der Waals surface area contributed by atoms with Crippen LogP contribution in [0.3, 0.4) is 0 Å². The molecule has 1 aromatic carbocycles. The van der Waals surface area contributed by atoms with E-state index in [9.17, 15) is 0 Å². The minimum Gasteiger partial charge on any atom is -0.397 e. The summed E-state index contributed by atoms with van der Waals surface area (Å²) >= 11 is 3.21. The number of anilines is 1. The first kappa shape index (κ1) is 8.64. The highest BCUT2D eigenvalue weighted by molar-refractivity contribution is 9.10. The topological polar surface area (TPSA) is 49.8 Å². The lowest BCUT2D eigenvalue weighted by Crippen LogP contribution is -1.92. The highest BCUT2D eigenvalue weighted by atomic mass is 79.9. The van der Waals surface area contributed by atoms with Gasteiger partial charge in [-0.15, -0.1) is 6.42 Å². The van der Waals surface area contributed by atoms with E-state index in [4.69, 9.17) is 17.4 Å². The van der Waals surface area contributed by atoms with Gasteiger partial charge < -0.3 is 5.73 Å². The molecule has 0 saturated carbocycles. The molecule has 0 heterocycles. The van der Waals surface area contributed by atoms with Crippen LogP contribution in [-0.4, -0.2) is 0 Å². The molecule has 2 nitrogen and oxygen atoms in total. The van der Waals surface area contributed by atoms with Crippen LogP contribution in [0.5, 0.6) is 0 Å². The number of nitrogens with zero attached hydrogens (tertiary/aromatic N) is 1. The van der Waals surface area contributed by atoms with Crippen molar-refractivity contribution >= 4 is 21.6 Å². The van der Waals surface area contributed by atoms with Crippen LogP contribution in [0, 0.1) is 23.7 Å². The maximum atomic E-state index is 8.59. The minimum absolute atomic E-state index is 0.497. The van der Waals surface area contributed by atoms with Gasteiger partial charge in [0, 0.05) is 10.0 Å². The highest BCUT2D eigenvalue weighted by Crippen LogP contribution is 2.24. The number of benzene rings is 1. The van der Waals surface area contributed by atoms with Crippen LogP contribution in [0.2, 0.25) is 0 Å². The third-order valence-electron chi connectivity index (χ3n) is 1.41. The number of nitrogen functional groups attached to an aromatic ring is 1. The van der Waals surface area contributed by atoms with Gasteiger partial charge in [0.2, 0.25) is 0 Å². The summed E-state index contributed by atoms with van der Waals surface area (Å²) in [5, 5.41) is 8.59. The molecule has 0 radical (unpaired) electrons. The van der Waals surface area contributed by atoms with E-state index in [1.165, 1.54) is 0 Å². The number of halogens is 1. The van der Waals surface area contributed by atoms with Gasteiger partial charge in [-0.25, -0.2) is 0 Å². The van der Waals surface area contributed by atoms with Crippen LogP contribution in [0.25, 0.3) is 0 Å². The van der Waals surface area contributed by atoms with Crippen molar-refractivity contribution in [3.05, 3.63) is 27.7 Å². The van der Waals surface area contributed by atoms with Gasteiger partial charge in [0.1, 0.15) is 0 Å². The van der Waals surface area contributed by atoms with Crippen LogP contribution in [0.1, 0.15) is 11.1 Å². The molecule has 0 saturated heterocycles. The van der Waals surface area contributed by atoms with Crippen molar-refractivity contribution in [2.45, 2.75) is 0 Å². The molecule has 1 rings (SSSR count). The van der Waals surface area contributed by atoms with Crippen molar-refractivity contribution < 1.29 is 0 Å². The highest BCUT2D eigenvalue weighted by Gasteiger charge is 2.03. The molecule has 58 valence electrons. The van der Waals surface area contributed by atoms with Gasteiger partial charge in [-0.05, 0) is 28.1 Å². The van der Waals surface area contributed by atoms with Gasteiger partial charge in [0.15, 0.2) is 0 Å². The molecular formula is C9H5BrN2. The maximum absolute atomic E-state index is 8.59. The van der Waals surface area contributed by atoms with Crippen molar-refractivity contribution in [1.82, 2.24) is 0 Å². The molecule has 0 aliphatic heterocycles. The number of hydrogen-bond acceptors (Lipinski definition) is 2. The van der Waals surface area contributed by atoms with Gasteiger partial charge in [0.25, 0.3) is 0 Å². The average molecular weight is 221 g/mol. The second kappa shape index (κ2) is 3.30. The molecule has 0 aromatic heterocycles. The number of nitriles is 1. The zero-order valence-corrected chi connectivity index (χ0v) is 7.72. The van der Waals surface area contributed by atoms with Crippen LogP contribution >= 0.6 is 15.9 Å². The molecule has 3 heteroatoms. The number of rotatable bonds is 0. The second-order valence-corrected chi connectivity index (χ2v) is 3.03. The quantitative estimate of drug-likeness (QED) is 0.537. The van der Waals surface area contributed by atoms with Crippen LogP contribution in [0.4, 0.5) is 5.69 Å².